The first-order chi connectivity index (χ1) is 18.7. The molecule has 0 unspecified atom stereocenters. The summed E-state index contributed by atoms with van der Waals surface area (Å²) < 4.78 is 33.2. The molecule has 0 aliphatic carbocycles. The van der Waals surface area contributed by atoms with E-state index in [0.29, 0.717) is 46.9 Å². The second kappa shape index (κ2) is 12.0. The Morgan fingerprint density at radius 1 is 0.974 bits per heavy atom. The Labute approximate surface area is 227 Å². The van der Waals surface area contributed by atoms with E-state index in [9.17, 15) is 18.0 Å². The first-order valence-corrected chi connectivity index (χ1v) is 13.7. The highest BCUT2D eigenvalue weighted by Gasteiger charge is 2.39. The number of nitrogens with zero attached hydrogens (tertiary/aromatic N) is 1. The summed E-state index contributed by atoms with van der Waals surface area (Å²) in [6.07, 6.45) is 2.18. The molecule has 0 spiro atoms. The molecule has 204 valence electrons. The molecule has 11 nitrogen and oxygen atoms in total. The number of nitrogens with one attached hydrogen (secondary N) is 5. The van der Waals surface area contributed by atoms with Gasteiger partial charge in [0, 0.05) is 54.2 Å². The van der Waals surface area contributed by atoms with Gasteiger partial charge in [0.25, 0.3) is 0 Å². The largest absolute Gasteiger partial charge is 0.497 e. The first kappa shape index (κ1) is 27.6. The zero-order valence-corrected chi connectivity index (χ0v) is 22.3. The van der Waals surface area contributed by atoms with Crippen molar-refractivity contribution in [1.29, 1.82) is 5.41 Å². The molecule has 0 aromatic heterocycles. The molecule has 1 aliphatic heterocycles. The number of ether oxygens (including phenoxy) is 1. The molecule has 1 heterocycles. The van der Waals surface area contributed by atoms with E-state index in [1.165, 1.54) is 41.9 Å². The summed E-state index contributed by atoms with van der Waals surface area (Å²) in [6.45, 7) is 0.228. The molecular weight excluding hydrogens is 520 g/mol. The van der Waals surface area contributed by atoms with E-state index in [1.807, 2.05) is 0 Å². The van der Waals surface area contributed by atoms with Crippen LogP contribution in [0, 0.1) is 5.41 Å². The minimum absolute atomic E-state index is 0.0235. The van der Waals surface area contributed by atoms with E-state index in [0.717, 1.165) is 0 Å². The minimum atomic E-state index is -3.95. The lowest BCUT2D eigenvalue weighted by Gasteiger charge is -2.23. The number of hydrogen-bond donors (Lipinski definition) is 5. The van der Waals surface area contributed by atoms with Crippen molar-refractivity contribution in [1.82, 2.24) is 4.31 Å². The number of hydrogen-bond acceptors (Lipinski definition) is 7. The normalized spacial score (nSPS) is 15.3. The summed E-state index contributed by atoms with van der Waals surface area (Å²) in [7, 11) is -0.705. The molecule has 12 heteroatoms. The van der Waals surface area contributed by atoms with Crippen LogP contribution >= 0.6 is 0 Å². The van der Waals surface area contributed by atoms with Crippen molar-refractivity contribution < 1.29 is 22.7 Å². The minimum Gasteiger partial charge on any atom is -0.497 e. The molecular formula is C27H30N6O5S. The third-order valence-corrected chi connectivity index (χ3v) is 8.22. The Bertz CT molecular complexity index is 1480. The van der Waals surface area contributed by atoms with Crippen LogP contribution in [0.3, 0.4) is 0 Å². The number of carbonyl (C=O) groups excluding carboxylic acids is 2. The Balaban J connectivity index is 1.41. The quantitative estimate of drug-likeness (QED) is 0.252. The maximum absolute atomic E-state index is 13.4. The second-order valence-corrected chi connectivity index (χ2v) is 10.7. The summed E-state index contributed by atoms with van der Waals surface area (Å²) in [5.74, 6) is 0.170. The van der Waals surface area contributed by atoms with Crippen molar-refractivity contribution in [3.63, 3.8) is 0 Å². The van der Waals surface area contributed by atoms with Crippen molar-refractivity contribution in [3.05, 3.63) is 72.3 Å². The molecule has 1 aliphatic rings. The molecule has 3 aromatic carbocycles. The number of urea groups is 1. The highest BCUT2D eigenvalue weighted by molar-refractivity contribution is 7.89. The number of amides is 3. The van der Waals surface area contributed by atoms with Gasteiger partial charge in [0.05, 0.1) is 12.0 Å². The van der Waals surface area contributed by atoms with Crippen LogP contribution in [0.15, 0.2) is 71.6 Å². The summed E-state index contributed by atoms with van der Waals surface area (Å²) in [4.78, 5) is 25.5. The summed E-state index contributed by atoms with van der Waals surface area (Å²) in [6, 6.07) is 16.4. The van der Waals surface area contributed by atoms with Gasteiger partial charge in [-0.05, 0) is 67.4 Å². The topological polar surface area (TPSA) is 153 Å². The van der Waals surface area contributed by atoms with Crippen LogP contribution in [-0.2, 0) is 14.8 Å². The number of sulfonamides is 1. The Kier molecular flexibility index (Phi) is 8.47. The second-order valence-electron chi connectivity index (χ2n) is 8.79. The van der Waals surface area contributed by atoms with Crippen LogP contribution in [-0.4, -0.2) is 57.6 Å². The van der Waals surface area contributed by atoms with E-state index in [-0.39, 0.29) is 11.4 Å². The summed E-state index contributed by atoms with van der Waals surface area (Å²) >= 11 is 0. The van der Waals surface area contributed by atoms with Crippen molar-refractivity contribution >= 4 is 50.9 Å². The molecule has 0 saturated carbocycles. The van der Waals surface area contributed by atoms with Gasteiger partial charge in [0.2, 0.25) is 15.9 Å². The van der Waals surface area contributed by atoms with Gasteiger partial charge in [0.1, 0.15) is 11.8 Å². The molecule has 1 saturated heterocycles. The van der Waals surface area contributed by atoms with Crippen LogP contribution in [0.4, 0.5) is 27.5 Å². The predicted octanol–water partition coefficient (Wildman–Crippen LogP) is 4.17. The Morgan fingerprint density at radius 2 is 1.67 bits per heavy atom. The maximum Gasteiger partial charge on any atom is 0.323 e. The zero-order valence-electron chi connectivity index (χ0n) is 21.5. The standard InChI is InChI=1S/C27H30N6O5S/c1-29-24-16-21(9-8-18(24)17-28)32-27(35)31-19-10-12-23(13-11-19)39(36,37)33-14-4-7-25(33)26(34)30-20-5-3-6-22(15-20)38-2/h3,5-6,8-13,15-17,25,28-29H,4,7,14H2,1-2H3,(H,30,34)(H2,31,32,35)/t25-/m0/s1. The van der Waals surface area contributed by atoms with E-state index in [4.69, 9.17) is 10.1 Å². The van der Waals surface area contributed by atoms with Crippen LogP contribution < -0.4 is 26.0 Å². The van der Waals surface area contributed by atoms with Gasteiger partial charge in [-0.1, -0.05) is 6.07 Å². The maximum atomic E-state index is 13.4. The fourth-order valence-corrected chi connectivity index (χ4v) is 5.99. The molecule has 4 rings (SSSR count). The Morgan fingerprint density at radius 3 is 2.36 bits per heavy atom. The fourth-order valence-electron chi connectivity index (χ4n) is 4.33. The fraction of sp³-hybridized carbons (Fsp3) is 0.222. The van der Waals surface area contributed by atoms with Crippen molar-refractivity contribution in [2.45, 2.75) is 23.8 Å². The van der Waals surface area contributed by atoms with Crippen LogP contribution in [0.5, 0.6) is 5.75 Å². The highest BCUT2D eigenvalue weighted by Crippen LogP contribution is 2.28. The number of methoxy groups -OCH3 is 1. The molecule has 39 heavy (non-hydrogen) atoms. The van der Waals surface area contributed by atoms with Crippen LogP contribution in [0.2, 0.25) is 0 Å². The molecule has 3 amide bonds. The van der Waals surface area contributed by atoms with E-state index in [2.05, 4.69) is 21.3 Å². The van der Waals surface area contributed by atoms with Gasteiger partial charge >= 0.3 is 6.03 Å². The monoisotopic (exact) mass is 550 g/mol. The van der Waals surface area contributed by atoms with Gasteiger partial charge in [0.15, 0.2) is 0 Å². The number of rotatable bonds is 9. The molecule has 0 bridgehead atoms. The van der Waals surface area contributed by atoms with Crippen molar-refractivity contribution in [2.75, 3.05) is 42.0 Å². The van der Waals surface area contributed by atoms with E-state index >= 15 is 0 Å². The Hall–Kier alpha value is -4.42. The zero-order chi connectivity index (χ0) is 28.0. The molecule has 1 atom stereocenters. The van der Waals surface area contributed by atoms with Gasteiger partial charge < -0.3 is 31.4 Å². The highest BCUT2D eigenvalue weighted by atomic mass is 32.2. The molecule has 5 N–H and O–H groups in total. The van der Waals surface area contributed by atoms with Crippen molar-refractivity contribution in [2.24, 2.45) is 0 Å². The molecule has 0 radical (unpaired) electrons. The SMILES string of the molecule is CNc1cc(NC(=O)Nc2ccc(S(=O)(=O)N3CCC[C@H]3C(=O)Nc3cccc(OC)c3)cc2)ccc1C=N. The lowest BCUT2D eigenvalue weighted by atomic mass is 10.1. The average molecular weight is 551 g/mol. The molecule has 1 fully saturated rings. The summed E-state index contributed by atoms with van der Waals surface area (Å²) in [5.41, 5.74) is 2.80. The number of anilines is 4. The van der Waals surface area contributed by atoms with Gasteiger partial charge in [-0.15, -0.1) is 0 Å². The smallest absolute Gasteiger partial charge is 0.323 e. The number of carbonyl (C=O) groups is 2. The van der Waals surface area contributed by atoms with Gasteiger partial charge in [-0.3, -0.25) is 4.79 Å². The third-order valence-electron chi connectivity index (χ3n) is 6.30. The van der Waals surface area contributed by atoms with Gasteiger partial charge in [-0.25, -0.2) is 13.2 Å². The lowest BCUT2D eigenvalue weighted by molar-refractivity contribution is -0.119. The van der Waals surface area contributed by atoms with Crippen LogP contribution in [0.1, 0.15) is 18.4 Å². The van der Waals surface area contributed by atoms with Crippen molar-refractivity contribution in [3.8, 4) is 5.75 Å². The molecule has 3 aromatic rings. The first-order valence-electron chi connectivity index (χ1n) is 12.2. The lowest BCUT2D eigenvalue weighted by Crippen LogP contribution is -2.43. The van der Waals surface area contributed by atoms with E-state index in [1.54, 1.807) is 49.5 Å². The van der Waals surface area contributed by atoms with Gasteiger partial charge in [-0.2, -0.15) is 4.31 Å². The third kappa shape index (κ3) is 6.36. The van der Waals surface area contributed by atoms with Crippen LogP contribution in [0.25, 0.3) is 0 Å². The average Bonchev–Trinajstić information content (AvgIpc) is 3.45. The predicted molar refractivity (Wildman–Crippen MR) is 151 cm³/mol. The van der Waals surface area contributed by atoms with E-state index < -0.39 is 28.0 Å². The summed E-state index contributed by atoms with van der Waals surface area (Å²) in [5, 5.41) is 18.5. The number of benzene rings is 3.